The number of rotatable bonds is 3. The van der Waals surface area contributed by atoms with Crippen LogP contribution in [0.2, 0.25) is 0 Å². The van der Waals surface area contributed by atoms with Gasteiger partial charge in [0, 0.05) is 18.4 Å². The molecule has 9 heteroatoms. The fourth-order valence-electron chi connectivity index (χ4n) is 2.69. The van der Waals surface area contributed by atoms with Crippen molar-refractivity contribution < 1.29 is 0 Å². The van der Waals surface area contributed by atoms with E-state index in [0.717, 1.165) is 17.2 Å². The van der Waals surface area contributed by atoms with Crippen LogP contribution in [0.3, 0.4) is 0 Å². The fourth-order valence-corrected chi connectivity index (χ4v) is 3.36. The largest absolute Gasteiger partial charge is 0.247 e. The molecular formula is C17H22N8S. The maximum atomic E-state index is 7.31. The highest BCUT2D eigenvalue weighted by Gasteiger charge is 2.28. The van der Waals surface area contributed by atoms with Crippen LogP contribution in [0.5, 0.6) is 0 Å². The molecule has 0 aliphatic heterocycles. The van der Waals surface area contributed by atoms with Crippen molar-refractivity contribution in [1.82, 2.24) is 23.8 Å². The Morgan fingerprint density at radius 3 is 2.46 bits per heavy atom. The lowest BCUT2D eigenvalue weighted by Crippen LogP contribution is -2.13. The predicted molar refractivity (Wildman–Crippen MR) is 102 cm³/mol. The standard InChI is InChI=1S/C17H22N8S/c1-9(2)14-22-24(8)16-12(13(17(4,5)6)21-25(14)16)19-20-15-11(18-7)10(3)23-26-15/h9H,1-6,8H3/b20-19+. The number of azo groups is 1. The molecule has 0 unspecified atom stereocenters. The van der Waals surface area contributed by atoms with Gasteiger partial charge >= 0.3 is 0 Å². The minimum absolute atomic E-state index is 0.207. The van der Waals surface area contributed by atoms with Crippen molar-refractivity contribution in [2.24, 2.45) is 17.3 Å². The second-order valence-corrected chi connectivity index (χ2v) is 8.30. The number of hydrogen-bond acceptors (Lipinski definition) is 6. The monoisotopic (exact) mass is 370 g/mol. The summed E-state index contributed by atoms with van der Waals surface area (Å²) < 4.78 is 7.85. The van der Waals surface area contributed by atoms with Crippen molar-refractivity contribution >= 4 is 33.6 Å². The van der Waals surface area contributed by atoms with Crippen LogP contribution in [0, 0.1) is 13.5 Å². The zero-order valence-corrected chi connectivity index (χ0v) is 16.9. The number of fused-ring (bicyclic) bond motifs is 1. The van der Waals surface area contributed by atoms with E-state index >= 15 is 0 Å². The van der Waals surface area contributed by atoms with E-state index in [0.29, 0.717) is 22.1 Å². The van der Waals surface area contributed by atoms with E-state index in [9.17, 15) is 0 Å². The van der Waals surface area contributed by atoms with Crippen molar-refractivity contribution in [1.29, 1.82) is 0 Å². The van der Waals surface area contributed by atoms with Crippen LogP contribution in [0.25, 0.3) is 10.5 Å². The average molecular weight is 370 g/mol. The summed E-state index contributed by atoms with van der Waals surface area (Å²) in [7, 11) is 1.88. The quantitative estimate of drug-likeness (QED) is 0.468. The summed E-state index contributed by atoms with van der Waals surface area (Å²) in [6.45, 7) is 19.6. The Morgan fingerprint density at radius 1 is 1.19 bits per heavy atom. The van der Waals surface area contributed by atoms with E-state index in [2.05, 4.69) is 59.2 Å². The summed E-state index contributed by atoms with van der Waals surface area (Å²) in [6.07, 6.45) is 0. The third-order valence-corrected chi connectivity index (χ3v) is 4.82. The molecule has 0 aliphatic rings. The van der Waals surface area contributed by atoms with Crippen LogP contribution in [0.4, 0.5) is 16.4 Å². The highest BCUT2D eigenvalue weighted by atomic mass is 32.1. The van der Waals surface area contributed by atoms with Gasteiger partial charge in [0.1, 0.15) is 0 Å². The second-order valence-electron chi connectivity index (χ2n) is 7.55. The maximum absolute atomic E-state index is 7.31. The van der Waals surface area contributed by atoms with Crippen molar-refractivity contribution in [3.63, 3.8) is 0 Å². The van der Waals surface area contributed by atoms with Gasteiger partial charge in [0.05, 0.1) is 18.0 Å². The Morgan fingerprint density at radius 2 is 1.88 bits per heavy atom. The van der Waals surface area contributed by atoms with Crippen LogP contribution < -0.4 is 0 Å². The van der Waals surface area contributed by atoms with Gasteiger partial charge in [-0.2, -0.15) is 14.7 Å². The van der Waals surface area contributed by atoms with Crippen LogP contribution >= 0.6 is 11.5 Å². The molecule has 0 aliphatic carbocycles. The Bertz CT molecular complexity index is 1040. The summed E-state index contributed by atoms with van der Waals surface area (Å²) in [6, 6.07) is 0. The van der Waals surface area contributed by atoms with Crippen molar-refractivity contribution in [2.75, 3.05) is 0 Å². The van der Waals surface area contributed by atoms with Crippen molar-refractivity contribution in [3.05, 3.63) is 28.6 Å². The SMILES string of the molecule is [C-]#[N+]c1c(C)nsc1/N=N/c1c(C(C)(C)C)nn2c(C(C)C)nn(C)c12. The summed E-state index contributed by atoms with van der Waals surface area (Å²) in [5.74, 6) is 1.11. The van der Waals surface area contributed by atoms with Crippen LogP contribution in [0.1, 0.15) is 57.7 Å². The molecule has 0 atom stereocenters. The summed E-state index contributed by atoms with van der Waals surface area (Å²) in [5.41, 5.74) is 3.25. The Kier molecular flexibility index (Phi) is 4.40. The van der Waals surface area contributed by atoms with Gasteiger partial charge in [0.2, 0.25) is 5.69 Å². The minimum Gasteiger partial charge on any atom is -0.247 e. The van der Waals surface area contributed by atoms with Gasteiger partial charge in [0.25, 0.3) is 0 Å². The highest BCUT2D eigenvalue weighted by molar-refractivity contribution is 7.10. The molecule has 0 aromatic carbocycles. The molecule has 0 N–H and O–H groups in total. The molecular weight excluding hydrogens is 348 g/mol. The lowest BCUT2D eigenvalue weighted by atomic mass is 9.91. The first-order valence-electron chi connectivity index (χ1n) is 8.36. The first kappa shape index (κ1) is 18.2. The molecule has 8 nitrogen and oxygen atoms in total. The van der Waals surface area contributed by atoms with Crippen molar-refractivity contribution in [2.45, 2.75) is 52.9 Å². The normalized spacial score (nSPS) is 12.6. The zero-order chi connectivity index (χ0) is 19.2. The van der Waals surface area contributed by atoms with Gasteiger partial charge in [-0.15, -0.1) is 10.2 Å². The van der Waals surface area contributed by atoms with E-state index in [1.807, 2.05) is 11.6 Å². The molecule has 0 fully saturated rings. The van der Waals surface area contributed by atoms with Gasteiger partial charge in [-0.3, -0.25) is 0 Å². The summed E-state index contributed by atoms with van der Waals surface area (Å²) in [4.78, 5) is 3.51. The first-order chi connectivity index (χ1) is 12.1. The molecule has 0 amide bonds. The number of aromatic nitrogens is 5. The minimum atomic E-state index is -0.207. The van der Waals surface area contributed by atoms with E-state index < -0.39 is 0 Å². The number of hydrogen-bond donors (Lipinski definition) is 0. The van der Waals surface area contributed by atoms with Gasteiger partial charge in [-0.25, -0.2) is 13.9 Å². The average Bonchev–Trinajstić information content (AvgIpc) is 3.18. The van der Waals surface area contributed by atoms with Gasteiger partial charge in [0.15, 0.2) is 22.2 Å². The van der Waals surface area contributed by atoms with E-state index in [4.69, 9.17) is 11.7 Å². The smallest absolute Gasteiger partial charge is 0.247 e. The highest BCUT2D eigenvalue weighted by Crippen LogP contribution is 2.40. The van der Waals surface area contributed by atoms with Crippen molar-refractivity contribution in [3.8, 4) is 0 Å². The molecule has 3 aromatic rings. The Balaban J connectivity index is 2.23. The molecule has 3 aromatic heterocycles. The molecule has 0 radical (unpaired) electrons. The molecule has 0 bridgehead atoms. The van der Waals surface area contributed by atoms with Gasteiger partial charge < -0.3 is 0 Å². The molecule has 3 heterocycles. The van der Waals surface area contributed by atoms with Gasteiger partial charge in [-0.1, -0.05) is 34.6 Å². The first-order valence-corrected chi connectivity index (χ1v) is 9.14. The summed E-state index contributed by atoms with van der Waals surface area (Å²) in [5, 5.41) is 18.7. The topological polar surface area (TPSA) is 77.1 Å². The van der Waals surface area contributed by atoms with E-state index in [1.54, 1.807) is 11.6 Å². The third-order valence-electron chi connectivity index (χ3n) is 4.01. The molecule has 0 saturated heterocycles. The van der Waals surface area contributed by atoms with Crippen LogP contribution in [0.15, 0.2) is 10.2 Å². The number of nitrogens with zero attached hydrogens (tertiary/aromatic N) is 8. The lowest BCUT2D eigenvalue weighted by Gasteiger charge is -2.15. The second kappa shape index (κ2) is 6.29. The van der Waals surface area contributed by atoms with Gasteiger partial charge in [-0.05, 0) is 18.5 Å². The molecule has 0 spiro atoms. The lowest BCUT2D eigenvalue weighted by molar-refractivity contribution is 0.558. The molecule has 0 saturated carbocycles. The third kappa shape index (κ3) is 2.90. The van der Waals surface area contributed by atoms with E-state index in [-0.39, 0.29) is 11.3 Å². The molecule has 3 rings (SSSR count). The van der Waals surface area contributed by atoms with Crippen LogP contribution in [-0.4, -0.2) is 23.8 Å². The maximum Gasteiger partial charge on any atom is 0.247 e. The Labute approximate surface area is 156 Å². The number of aryl methyl sites for hydroxylation is 2. The molecule has 26 heavy (non-hydrogen) atoms. The zero-order valence-electron chi connectivity index (χ0n) is 16.1. The van der Waals surface area contributed by atoms with Crippen LogP contribution in [-0.2, 0) is 12.5 Å². The molecule has 136 valence electrons. The fraction of sp³-hybridized carbons (Fsp3) is 0.529. The van der Waals surface area contributed by atoms with E-state index in [1.165, 1.54) is 11.5 Å². The predicted octanol–water partition coefficient (Wildman–Crippen LogP) is 5.22. The summed E-state index contributed by atoms with van der Waals surface area (Å²) >= 11 is 1.18. The Hall–Kier alpha value is -2.60.